The number of ketones is 1. The maximum absolute atomic E-state index is 13.5. The molecule has 8 heteroatoms. The fourth-order valence-electron chi connectivity index (χ4n) is 4.41. The molecule has 174 valence electrons. The zero-order valence-corrected chi connectivity index (χ0v) is 18.8. The van der Waals surface area contributed by atoms with E-state index in [1.807, 2.05) is 0 Å². The molecule has 1 N–H and O–H groups in total. The zero-order chi connectivity index (χ0) is 23.4. The molecule has 2 saturated heterocycles. The summed E-state index contributed by atoms with van der Waals surface area (Å²) in [5.41, 5.74) is 0.850. The predicted molar refractivity (Wildman–Crippen MR) is 119 cm³/mol. The summed E-state index contributed by atoms with van der Waals surface area (Å²) in [6.07, 6.45) is 0. The summed E-state index contributed by atoms with van der Waals surface area (Å²) in [7, 11) is 3.06. The Morgan fingerprint density at radius 3 is 2.48 bits per heavy atom. The van der Waals surface area contributed by atoms with E-state index in [1.165, 1.54) is 24.0 Å². The summed E-state index contributed by atoms with van der Waals surface area (Å²) in [6.45, 7) is 3.98. The van der Waals surface area contributed by atoms with Crippen molar-refractivity contribution < 1.29 is 33.8 Å². The number of carbonyl (C=O) groups excluding carboxylic acids is 2. The molecular weight excluding hydrogens is 424 g/mol. The van der Waals surface area contributed by atoms with Gasteiger partial charge in [0.2, 0.25) is 5.78 Å². The minimum absolute atomic E-state index is 0.0604. The number of methoxy groups -OCH3 is 2. The Hall–Kier alpha value is -3.36. The Morgan fingerprint density at radius 1 is 1.09 bits per heavy atom. The number of carbonyl (C=O) groups is 2. The van der Waals surface area contributed by atoms with E-state index in [4.69, 9.17) is 14.2 Å². The highest BCUT2D eigenvalue weighted by molar-refractivity contribution is 6.46. The summed E-state index contributed by atoms with van der Waals surface area (Å²) >= 11 is 0. The maximum atomic E-state index is 13.5. The summed E-state index contributed by atoms with van der Waals surface area (Å²) < 4.78 is 16.4. The molecule has 0 aromatic heterocycles. The number of ether oxygens (including phenoxy) is 3. The van der Waals surface area contributed by atoms with Gasteiger partial charge in [0.15, 0.2) is 0 Å². The quantitative estimate of drug-likeness (QED) is 0.357. The van der Waals surface area contributed by atoms with Crippen molar-refractivity contribution >= 4 is 17.4 Å². The van der Waals surface area contributed by atoms with E-state index in [0.717, 1.165) is 13.1 Å². The smallest absolute Gasteiger partial charge is 0.295 e. The van der Waals surface area contributed by atoms with Gasteiger partial charge in [-0.05, 0) is 23.8 Å². The Balaban J connectivity index is 1.80. The van der Waals surface area contributed by atoms with Crippen LogP contribution in [0, 0.1) is 0 Å². The van der Waals surface area contributed by atoms with Crippen LogP contribution < -0.4 is 19.5 Å². The van der Waals surface area contributed by atoms with E-state index in [0.29, 0.717) is 48.9 Å². The monoisotopic (exact) mass is 452 g/mol. The molecule has 2 heterocycles. The molecule has 0 aliphatic carbocycles. The standard InChI is InChI=1S/C25H28N2O6/c1-31-18-8-9-20(32-2)19(16-18)22-21(23(28)17-6-4-3-5-7-17)24(29)25(30)27(22)11-10-26-12-14-33-15-13-26/h3-9,16,22,28H,10-15H2,1-2H3. The number of likely N-dealkylation sites (tertiary alicyclic amines) is 1. The Kier molecular flexibility index (Phi) is 6.96. The SMILES string of the molecule is COc1ccc(OC)c(C2C(=C([O-])c3ccccc3)C(=O)C(=O)N2CC[NH+]2CCOCC2)c1. The van der Waals surface area contributed by atoms with Gasteiger partial charge < -0.3 is 29.1 Å². The van der Waals surface area contributed by atoms with Crippen molar-refractivity contribution in [3.05, 3.63) is 65.2 Å². The number of nitrogens with zero attached hydrogens (tertiary/aromatic N) is 1. The molecule has 0 bridgehead atoms. The van der Waals surface area contributed by atoms with Gasteiger partial charge in [-0.1, -0.05) is 36.1 Å². The molecule has 2 aliphatic heterocycles. The first-order valence-corrected chi connectivity index (χ1v) is 11.0. The summed E-state index contributed by atoms with van der Waals surface area (Å²) in [5.74, 6) is -0.870. The van der Waals surface area contributed by atoms with Crippen LogP contribution in [0.25, 0.3) is 5.76 Å². The van der Waals surface area contributed by atoms with Gasteiger partial charge in [0.1, 0.15) is 24.6 Å². The molecule has 1 atom stereocenters. The molecule has 1 amide bonds. The van der Waals surface area contributed by atoms with Crippen LogP contribution in [0.5, 0.6) is 11.5 Å². The predicted octanol–water partition coefficient (Wildman–Crippen LogP) is -0.157. The third kappa shape index (κ3) is 4.58. The largest absolute Gasteiger partial charge is 0.872 e. The normalized spacial score (nSPS) is 20.8. The number of hydrogen-bond donors (Lipinski definition) is 1. The van der Waals surface area contributed by atoms with Crippen LogP contribution in [-0.2, 0) is 14.3 Å². The number of rotatable bonds is 7. The third-order valence-corrected chi connectivity index (χ3v) is 6.20. The van der Waals surface area contributed by atoms with Crippen LogP contribution >= 0.6 is 0 Å². The Labute approximate surface area is 193 Å². The second-order valence-corrected chi connectivity index (χ2v) is 8.06. The summed E-state index contributed by atoms with van der Waals surface area (Å²) in [6, 6.07) is 12.9. The number of quaternary nitrogens is 1. The first-order valence-electron chi connectivity index (χ1n) is 11.0. The number of nitrogens with one attached hydrogen (secondary N) is 1. The maximum Gasteiger partial charge on any atom is 0.295 e. The van der Waals surface area contributed by atoms with Crippen molar-refractivity contribution in [2.45, 2.75) is 6.04 Å². The second-order valence-electron chi connectivity index (χ2n) is 8.06. The highest BCUT2D eigenvalue weighted by Crippen LogP contribution is 2.43. The lowest BCUT2D eigenvalue weighted by atomic mass is 9.94. The van der Waals surface area contributed by atoms with Crippen molar-refractivity contribution in [1.82, 2.24) is 4.90 Å². The molecule has 2 aliphatic rings. The van der Waals surface area contributed by atoms with Crippen LogP contribution in [0.15, 0.2) is 54.1 Å². The van der Waals surface area contributed by atoms with Gasteiger partial charge >= 0.3 is 0 Å². The average Bonchev–Trinajstić information content (AvgIpc) is 3.12. The lowest BCUT2D eigenvalue weighted by Gasteiger charge is -2.30. The topological polar surface area (TPSA) is 92.6 Å². The van der Waals surface area contributed by atoms with Crippen LogP contribution in [0.3, 0.4) is 0 Å². The van der Waals surface area contributed by atoms with Gasteiger partial charge in [-0.25, -0.2) is 0 Å². The molecule has 2 aromatic rings. The molecule has 2 aromatic carbocycles. The van der Waals surface area contributed by atoms with Crippen molar-refractivity contribution in [3.8, 4) is 11.5 Å². The molecular formula is C25H28N2O6. The van der Waals surface area contributed by atoms with Crippen molar-refractivity contribution in [3.63, 3.8) is 0 Å². The van der Waals surface area contributed by atoms with Crippen LogP contribution in [0.1, 0.15) is 17.2 Å². The lowest BCUT2D eigenvalue weighted by molar-refractivity contribution is -0.907. The van der Waals surface area contributed by atoms with Crippen molar-refractivity contribution in [2.75, 3.05) is 53.6 Å². The minimum Gasteiger partial charge on any atom is -0.872 e. The highest BCUT2D eigenvalue weighted by Gasteiger charge is 2.45. The van der Waals surface area contributed by atoms with Gasteiger partial charge in [0.25, 0.3) is 5.91 Å². The molecule has 2 fully saturated rings. The lowest BCUT2D eigenvalue weighted by Crippen LogP contribution is -3.14. The zero-order valence-electron chi connectivity index (χ0n) is 18.8. The highest BCUT2D eigenvalue weighted by atomic mass is 16.5. The first-order chi connectivity index (χ1) is 16.0. The molecule has 33 heavy (non-hydrogen) atoms. The number of amides is 1. The van der Waals surface area contributed by atoms with Gasteiger partial charge in [0, 0.05) is 11.1 Å². The molecule has 1 unspecified atom stereocenters. The Morgan fingerprint density at radius 2 is 1.82 bits per heavy atom. The van der Waals surface area contributed by atoms with E-state index in [2.05, 4.69) is 0 Å². The molecule has 0 radical (unpaired) electrons. The summed E-state index contributed by atoms with van der Waals surface area (Å²) in [5, 5.41) is 13.5. The van der Waals surface area contributed by atoms with E-state index in [1.54, 1.807) is 48.5 Å². The van der Waals surface area contributed by atoms with E-state index < -0.39 is 23.5 Å². The van der Waals surface area contributed by atoms with Crippen molar-refractivity contribution in [1.29, 1.82) is 0 Å². The number of Topliss-reactive ketones (excluding diaryl/α,β-unsaturated/α-hetero) is 1. The Bertz CT molecular complexity index is 1050. The fourth-order valence-corrected chi connectivity index (χ4v) is 4.41. The molecule has 0 saturated carbocycles. The van der Waals surface area contributed by atoms with Crippen LogP contribution in [0.2, 0.25) is 0 Å². The third-order valence-electron chi connectivity index (χ3n) is 6.20. The van der Waals surface area contributed by atoms with E-state index >= 15 is 0 Å². The second kappa shape index (κ2) is 10.1. The molecule has 4 rings (SSSR count). The van der Waals surface area contributed by atoms with E-state index in [9.17, 15) is 14.7 Å². The average molecular weight is 453 g/mol. The number of hydrogen-bond acceptors (Lipinski definition) is 6. The van der Waals surface area contributed by atoms with Gasteiger partial charge in [-0.2, -0.15) is 0 Å². The van der Waals surface area contributed by atoms with Gasteiger partial charge in [-0.15, -0.1) is 0 Å². The minimum atomic E-state index is -0.858. The van der Waals surface area contributed by atoms with E-state index in [-0.39, 0.29) is 5.57 Å². The fraction of sp³-hybridized carbons (Fsp3) is 0.360. The van der Waals surface area contributed by atoms with Crippen LogP contribution in [-0.4, -0.2) is 70.2 Å². The van der Waals surface area contributed by atoms with Gasteiger partial charge in [-0.3, -0.25) is 9.59 Å². The molecule has 8 nitrogen and oxygen atoms in total. The summed E-state index contributed by atoms with van der Waals surface area (Å²) in [4.78, 5) is 29.1. The molecule has 0 spiro atoms. The van der Waals surface area contributed by atoms with Crippen LogP contribution in [0.4, 0.5) is 0 Å². The van der Waals surface area contributed by atoms with Crippen molar-refractivity contribution in [2.24, 2.45) is 0 Å². The number of morpholine rings is 1. The van der Waals surface area contributed by atoms with Gasteiger partial charge in [0.05, 0.1) is 46.6 Å². The first kappa shape index (κ1) is 22.8. The number of benzene rings is 2.